The molecule has 1 N–H and O–H groups in total. The number of piperazine rings is 1. The van der Waals surface area contributed by atoms with Crippen molar-refractivity contribution < 1.29 is 14.0 Å². The van der Waals surface area contributed by atoms with Crippen LogP contribution in [0.15, 0.2) is 48.5 Å². The molecule has 29 heavy (non-hydrogen) atoms. The number of carbonyl (C=O) groups excluding carboxylic acids is 2. The Bertz CT molecular complexity index is 918. The van der Waals surface area contributed by atoms with E-state index in [1.165, 1.54) is 6.07 Å². The number of rotatable bonds is 5. The second kappa shape index (κ2) is 7.85. The first kappa shape index (κ1) is 19.4. The number of nitrogens with zero attached hydrogens (tertiary/aromatic N) is 2. The summed E-state index contributed by atoms with van der Waals surface area (Å²) >= 11 is 0. The number of aryl methyl sites for hydroxylation is 1. The summed E-state index contributed by atoms with van der Waals surface area (Å²) in [6.07, 6.45) is 1.19. The number of amides is 2. The molecule has 4 rings (SSSR count). The molecule has 1 saturated heterocycles. The van der Waals surface area contributed by atoms with Crippen LogP contribution in [0.3, 0.4) is 0 Å². The van der Waals surface area contributed by atoms with Gasteiger partial charge in [0.25, 0.3) is 0 Å². The number of hydrogen-bond acceptors (Lipinski definition) is 3. The van der Waals surface area contributed by atoms with Gasteiger partial charge in [-0.25, -0.2) is 4.39 Å². The Kier molecular flexibility index (Phi) is 5.26. The quantitative estimate of drug-likeness (QED) is 0.792. The first-order valence-electron chi connectivity index (χ1n) is 10.1. The SMILES string of the molecule is Cc1cccc(CNC(=O)C2(C(=O)N3CCN(c4ccccc4F)CC3)CC2)c1. The number of halogens is 1. The van der Waals surface area contributed by atoms with E-state index in [1.807, 2.05) is 42.2 Å². The molecule has 2 aromatic rings. The van der Waals surface area contributed by atoms with Gasteiger partial charge < -0.3 is 15.1 Å². The van der Waals surface area contributed by atoms with E-state index in [-0.39, 0.29) is 17.6 Å². The summed E-state index contributed by atoms with van der Waals surface area (Å²) in [4.78, 5) is 29.6. The molecule has 2 aliphatic rings. The van der Waals surface area contributed by atoms with E-state index < -0.39 is 5.41 Å². The maximum atomic E-state index is 14.0. The molecule has 5 nitrogen and oxygen atoms in total. The van der Waals surface area contributed by atoms with Gasteiger partial charge in [-0.1, -0.05) is 42.0 Å². The van der Waals surface area contributed by atoms with Crippen molar-refractivity contribution in [2.75, 3.05) is 31.1 Å². The van der Waals surface area contributed by atoms with Crippen LogP contribution in [0, 0.1) is 18.2 Å². The van der Waals surface area contributed by atoms with Crippen molar-refractivity contribution in [3.05, 3.63) is 65.5 Å². The van der Waals surface area contributed by atoms with Crippen molar-refractivity contribution in [3.63, 3.8) is 0 Å². The Labute approximate surface area is 170 Å². The lowest BCUT2D eigenvalue weighted by atomic mass is 10.0. The molecule has 0 unspecified atom stereocenters. The van der Waals surface area contributed by atoms with Crippen molar-refractivity contribution in [1.82, 2.24) is 10.2 Å². The highest BCUT2D eigenvalue weighted by Gasteiger charge is 2.58. The molecule has 2 aromatic carbocycles. The van der Waals surface area contributed by atoms with Gasteiger partial charge in [0.2, 0.25) is 11.8 Å². The zero-order chi connectivity index (χ0) is 20.4. The average Bonchev–Trinajstić information content (AvgIpc) is 3.54. The minimum Gasteiger partial charge on any atom is -0.366 e. The first-order valence-corrected chi connectivity index (χ1v) is 10.1. The summed E-state index contributed by atoms with van der Waals surface area (Å²) < 4.78 is 14.0. The minimum absolute atomic E-state index is 0.0903. The predicted molar refractivity (Wildman–Crippen MR) is 110 cm³/mol. The van der Waals surface area contributed by atoms with Crippen LogP contribution in [-0.2, 0) is 16.1 Å². The minimum atomic E-state index is -0.913. The Hall–Kier alpha value is -2.89. The maximum Gasteiger partial charge on any atom is 0.238 e. The summed E-state index contributed by atoms with van der Waals surface area (Å²) in [5.41, 5.74) is 1.82. The van der Waals surface area contributed by atoms with Gasteiger partial charge in [0.1, 0.15) is 11.2 Å². The lowest BCUT2D eigenvalue weighted by Gasteiger charge is -2.37. The molecule has 2 amide bonds. The fourth-order valence-electron chi connectivity index (χ4n) is 4.00. The molecule has 1 aliphatic carbocycles. The fourth-order valence-corrected chi connectivity index (χ4v) is 4.00. The number of anilines is 1. The van der Waals surface area contributed by atoms with Gasteiger partial charge in [0.15, 0.2) is 0 Å². The molecule has 2 fully saturated rings. The second-order valence-electron chi connectivity index (χ2n) is 7.98. The van der Waals surface area contributed by atoms with Crippen LogP contribution in [0.25, 0.3) is 0 Å². The van der Waals surface area contributed by atoms with Crippen LogP contribution < -0.4 is 10.2 Å². The molecule has 0 spiro atoms. The van der Waals surface area contributed by atoms with Crippen molar-refractivity contribution >= 4 is 17.5 Å². The van der Waals surface area contributed by atoms with Gasteiger partial charge in [-0.2, -0.15) is 0 Å². The smallest absolute Gasteiger partial charge is 0.238 e. The van der Waals surface area contributed by atoms with Gasteiger partial charge in [-0.05, 0) is 37.5 Å². The van der Waals surface area contributed by atoms with Crippen LogP contribution in [0.1, 0.15) is 24.0 Å². The molecular formula is C23H26FN3O2. The van der Waals surface area contributed by atoms with Crippen molar-refractivity contribution in [2.45, 2.75) is 26.3 Å². The molecule has 0 atom stereocenters. The summed E-state index contributed by atoms with van der Waals surface area (Å²) in [5, 5.41) is 2.94. The Morgan fingerprint density at radius 2 is 1.76 bits per heavy atom. The fraction of sp³-hybridized carbons (Fsp3) is 0.391. The Morgan fingerprint density at radius 3 is 2.41 bits per heavy atom. The standard InChI is InChI=1S/C23H26FN3O2/c1-17-5-4-6-18(15-17)16-25-21(28)23(9-10-23)22(29)27-13-11-26(12-14-27)20-8-3-2-7-19(20)24/h2-8,15H,9-14,16H2,1H3,(H,25,28). The van der Waals surface area contributed by atoms with Crippen molar-refractivity contribution in [2.24, 2.45) is 5.41 Å². The van der Waals surface area contributed by atoms with Gasteiger partial charge in [-0.15, -0.1) is 0 Å². The van der Waals surface area contributed by atoms with Crippen LogP contribution in [0.4, 0.5) is 10.1 Å². The molecule has 1 heterocycles. The highest BCUT2D eigenvalue weighted by molar-refractivity contribution is 6.07. The van der Waals surface area contributed by atoms with E-state index in [1.54, 1.807) is 17.0 Å². The van der Waals surface area contributed by atoms with E-state index in [2.05, 4.69) is 5.32 Å². The van der Waals surface area contributed by atoms with Crippen LogP contribution in [0.5, 0.6) is 0 Å². The van der Waals surface area contributed by atoms with Gasteiger partial charge in [0, 0.05) is 32.7 Å². The summed E-state index contributed by atoms with van der Waals surface area (Å²) in [7, 11) is 0. The summed E-state index contributed by atoms with van der Waals surface area (Å²) in [5.74, 6) is -0.519. The third-order valence-corrected chi connectivity index (χ3v) is 5.89. The van der Waals surface area contributed by atoms with Gasteiger partial charge >= 0.3 is 0 Å². The maximum absolute atomic E-state index is 14.0. The largest absolute Gasteiger partial charge is 0.366 e. The summed E-state index contributed by atoms with van der Waals surface area (Å²) in [6.45, 7) is 4.57. The molecule has 0 bridgehead atoms. The van der Waals surface area contributed by atoms with Crippen molar-refractivity contribution in [1.29, 1.82) is 0 Å². The first-order chi connectivity index (χ1) is 14.0. The van der Waals surface area contributed by atoms with Crippen LogP contribution >= 0.6 is 0 Å². The van der Waals surface area contributed by atoms with E-state index in [4.69, 9.17) is 0 Å². The van der Waals surface area contributed by atoms with Gasteiger partial charge in [-0.3, -0.25) is 9.59 Å². The lowest BCUT2D eigenvalue weighted by molar-refractivity contribution is -0.144. The van der Waals surface area contributed by atoms with Gasteiger partial charge in [0.05, 0.1) is 5.69 Å². The number of hydrogen-bond donors (Lipinski definition) is 1. The zero-order valence-corrected chi connectivity index (χ0v) is 16.7. The normalized spacial score (nSPS) is 17.7. The summed E-state index contributed by atoms with van der Waals surface area (Å²) in [6, 6.07) is 14.7. The average molecular weight is 395 g/mol. The van der Waals surface area contributed by atoms with E-state index >= 15 is 0 Å². The molecule has 6 heteroatoms. The zero-order valence-electron chi connectivity index (χ0n) is 16.7. The topological polar surface area (TPSA) is 52.7 Å². The van der Waals surface area contributed by atoms with E-state index in [0.717, 1.165) is 11.1 Å². The number of carbonyl (C=O) groups is 2. The Balaban J connectivity index is 1.34. The van der Waals surface area contributed by atoms with E-state index in [0.29, 0.717) is 51.3 Å². The number of para-hydroxylation sites is 1. The molecule has 152 valence electrons. The highest BCUT2D eigenvalue weighted by Crippen LogP contribution is 2.47. The third kappa shape index (κ3) is 3.97. The third-order valence-electron chi connectivity index (χ3n) is 5.89. The predicted octanol–water partition coefficient (Wildman–Crippen LogP) is 2.88. The lowest BCUT2D eigenvalue weighted by Crippen LogP contribution is -2.53. The number of benzene rings is 2. The Morgan fingerprint density at radius 1 is 1.03 bits per heavy atom. The van der Waals surface area contributed by atoms with E-state index in [9.17, 15) is 14.0 Å². The van der Waals surface area contributed by atoms with Crippen LogP contribution in [0.2, 0.25) is 0 Å². The molecule has 0 aromatic heterocycles. The molecule has 1 saturated carbocycles. The van der Waals surface area contributed by atoms with Crippen molar-refractivity contribution in [3.8, 4) is 0 Å². The second-order valence-corrected chi connectivity index (χ2v) is 7.98. The number of nitrogens with one attached hydrogen (secondary N) is 1. The molecule has 0 radical (unpaired) electrons. The monoisotopic (exact) mass is 395 g/mol. The molecular weight excluding hydrogens is 369 g/mol. The highest BCUT2D eigenvalue weighted by atomic mass is 19.1. The van der Waals surface area contributed by atoms with Crippen LogP contribution in [-0.4, -0.2) is 42.9 Å². The molecule has 1 aliphatic heterocycles.